The molecule has 5 atom stereocenters. The van der Waals surface area contributed by atoms with E-state index in [1.165, 1.54) is 17.4 Å². The smallest absolute Gasteiger partial charge is 0.263 e. The Morgan fingerprint density at radius 1 is 1.18 bits per heavy atom. The van der Waals surface area contributed by atoms with Gasteiger partial charge in [0.15, 0.2) is 5.13 Å². The van der Waals surface area contributed by atoms with E-state index in [-0.39, 0.29) is 35.9 Å². The van der Waals surface area contributed by atoms with Gasteiger partial charge < -0.3 is 15.1 Å². The highest BCUT2D eigenvalue weighted by molar-refractivity contribution is 7.15. The maximum absolute atomic E-state index is 14.2. The lowest BCUT2D eigenvalue weighted by Gasteiger charge is -2.58. The molecule has 1 aliphatic heterocycles. The maximum atomic E-state index is 14.2. The van der Waals surface area contributed by atoms with Crippen LogP contribution >= 0.6 is 11.3 Å². The van der Waals surface area contributed by atoms with E-state index in [4.69, 9.17) is 4.98 Å². The molecule has 5 unspecified atom stereocenters. The monoisotopic (exact) mass is 561 g/mol. The van der Waals surface area contributed by atoms with Gasteiger partial charge in [-0.25, -0.2) is 13.8 Å². The SMILES string of the molecule is CC1CCN(C(=O)CC2c3nc(NC(=O)c4c(F)cccc4F)sc3CC3C(C)(CO)C(O)CCC23C)CC1. The van der Waals surface area contributed by atoms with Gasteiger partial charge in [0.25, 0.3) is 5.91 Å². The van der Waals surface area contributed by atoms with Crippen molar-refractivity contribution in [3.63, 3.8) is 0 Å². The minimum atomic E-state index is -0.959. The number of anilines is 1. The third-order valence-corrected chi connectivity index (χ3v) is 10.8. The first-order valence-corrected chi connectivity index (χ1v) is 14.6. The zero-order valence-electron chi connectivity index (χ0n) is 22.7. The number of benzene rings is 1. The van der Waals surface area contributed by atoms with Crippen molar-refractivity contribution in [2.45, 2.75) is 71.3 Å². The number of carbonyl (C=O) groups excluding carboxylic acids is 2. The van der Waals surface area contributed by atoms with Crippen LogP contribution in [0.3, 0.4) is 0 Å². The van der Waals surface area contributed by atoms with Crippen LogP contribution in [0.4, 0.5) is 13.9 Å². The largest absolute Gasteiger partial charge is 0.396 e. The standard InChI is InChI=1S/C29H37F2N3O4S/c1-16-8-11-34(12-9-16)23(37)13-17-25-20(14-21-28(17,2)10-7-22(36)29(21,3)15-35)39-27(32-25)33-26(38)24-18(30)5-4-6-19(24)31/h4-6,16-17,21-22,35-36H,7-15H2,1-3H3,(H,32,33,38). The molecule has 10 heteroatoms. The molecule has 2 aliphatic carbocycles. The molecule has 39 heavy (non-hydrogen) atoms. The van der Waals surface area contributed by atoms with Crippen LogP contribution in [-0.2, 0) is 11.2 Å². The number of halogens is 2. The van der Waals surface area contributed by atoms with Crippen LogP contribution in [0.2, 0.25) is 0 Å². The second-order valence-electron chi connectivity index (χ2n) is 12.2. The summed E-state index contributed by atoms with van der Waals surface area (Å²) in [7, 11) is 0. The van der Waals surface area contributed by atoms with Crippen molar-refractivity contribution in [1.29, 1.82) is 0 Å². The average molecular weight is 562 g/mol. The number of hydrogen-bond donors (Lipinski definition) is 3. The fourth-order valence-electron chi connectivity index (χ4n) is 7.14. The van der Waals surface area contributed by atoms with Crippen molar-refractivity contribution < 1.29 is 28.6 Å². The summed E-state index contributed by atoms with van der Waals surface area (Å²) >= 11 is 1.23. The Labute approximate surface area is 231 Å². The Kier molecular flexibility index (Phi) is 7.58. The van der Waals surface area contributed by atoms with Gasteiger partial charge in [-0.05, 0) is 61.5 Å². The lowest BCUT2D eigenvalue weighted by Crippen LogP contribution is -2.57. The molecule has 3 N–H and O–H groups in total. The van der Waals surface area contributed by atoms with Crippen LogP contribution in [0.5, 0.6) is 0 Å². The second kappa shape index (κ2) is 10.5. The molecule has 0 spiro atoms. The summed E-state index contributed by atoms with van der Waals surface area (Å²) in [6, 6.07) is 3.25. The fraction of sp³-hybridized carbons (Fsp3) is 0.621. The Balaban J connectivity index is 1.50. The van der Waals surface area contributed by atoms with E-state index in [1.54, 1.807) is 0 Å². The highest BCUT2D eigenvalue weighted by Gasteiger charge is 2.59. The topological polar surface area (TPSA) is 103 Å². The third-order valence-electron chi connectivity index (χ3n) is 9.82. The third kappa shape index (κ3) is 4.89. The Morgan fingerprint density at radius 2 is 1.85 bits per heavy atom. The van der Waals surface area contributed by atoms with Gasteiger partial charge in [0, 0.05) is 35.7 Å². The van der Waals surface area contributed by atoms with Gasteiger partial charge in [0.1, 0.15) is 17.2 Å². The molecule has 2 heterocycles. The number of aliphatic hydroxyl groups is 2. The highest BCUT2D eigenvalue weighted by Crippen LogP contribution is 2.63. The predicted octanol–water partition coefficient (Wildman–Crippen LogP) is 4.74. The summed E-state index contributed by atoms with van der Waals surface area (Å²) in [4.78, 5) is 33.9. The van der Waals surface area contributed by atoms with Crippen molar-refractivity contribution in [1.82, 2.24) is 9.88 Å². The summed E-state index contributed by atoms with van der Waals surface area (Å²) in [5.74, 6) is -2.61. The number of nitrogens with one attached hydrogen (secondary N) is 1. The lowest BCUT2D eigenvalue weighted by atomic mass is 9.47. The molecular formula is C29H37F2N3O4S. The summed E-state index contributed by atoms with van der Waals surface area (Å²) < 4.78 is 28.5. The molecule has 7 nitrogen and oxygen atoms in total. The maximum Gasteiger partial charge on any atom is 0.263 e. The fourth-order valence-corrected chi connectivity index (χ4v) is 8.20. The first-order valence-electron chi connectivity index (χ1n) is 13.8. The summed E-state index contributed by atoms with van der Waals surface area (Å²) in [5.41, 5.74) is -1.14. The van der Waals surface area contributed by atoms with Crippen molar-refractivity contribution in [2.75, 3.05) is 25.0 Å². The molecule has 2 aromatic rings. The molecule has 3 aliphatic rings. The number of amides is 2. The van der Waals surface area contributed by atoms with Crippen molar-refractivity contribution in [3.05, 3.63) is 46.0 Å². The Morgan fingerprint density at radius 3 is 2.49 bits per heavy atom. The van der Waals surface area contributed by atoms with Crippen molar-refractivity contribution in [2.24, 2.45) is 22.7 Å². The van der Waals surface area contributed by atoms with Gasteiger partial charge in [-0.3, -0.25) is 14.9 Å². The van der Waals surface area contributed by atoms with Crippen LogP contribution in [0.25, 0.3) is 0 Å². The molecule has 212 valence electrons. The number of thiazole rings is 1. The number of aromatic nitrogens is 1. The van der Waals surface area contributed by atoms with Crippen molar-refractivity contribution >= 4 is 28.3 Å². The van der Waals surface area contributed by atoms with E-state index < -0.39 is 40.0 Å². The number of hydrogen-bond acceptors (Lipinski definition) is 6. The number of nitrogens with zero attached hydrogens (tertiary/aromatic N) is 2. The molecule has 1 aromatic carbocycles. The normalized spacial score (nSPS) is 30.9. The molecule has 5 rings (SSSR count). The van der Waals surface area contributed by atoms with Gasteiger partial charge in [0.2, 0.25) is 5.91 Å². The van der Waals surface area contributed by atoms with E-state index in [0.29, 0.717) is 25.2 Å². The summed E-state index contributed by atoms with van der Waals surface area (Å²) in [5, 5.41) is 24.2. The number of carbonyl (C=O) groups is 2. The highest BCUT2D eigenvalue weighted by atomic mass is 32.1. The lowest BCUT2D eigenvalue weighted by molar-refractivity contribution is -0.147. The van der Waals surface area contributed by atoms with Gasteiger partial charge in [0.05, 0.1) is 18.4 Å². The quantitative estimate of drug-likeness (QED) is 0.490. The second-order valence-corrected chi connectivity index (χ2v) is 13.3. The molecular weight excluding hydrogens is 524 g/mol. The molecule has 0 radical (unpaired) electrons. The zero-order valence-corrected chi connectivity index (χ0v) is 23.5. The Bertz CT molecular complexity index is 1240. The average Bonchev–Trinajstić information content (AvgIpc) is 3.29. The van der Waals surface area contributed by atoms with E-state index in [2.05, 4.69) is 19.2 Å². The first kappa shape index (κ1) is 28.1. The molecule has 1 aromatic heterocycles. The van der Waals surface area contributed by atoms with Crippen LogP contribution in [0, 0.1) is 34.3 Å². The van der Waals surface area contributed by atoms with Gasteiger partial charge >= 0.3 is 0 Å². The molecule has 0 bridgehead atoms. The number of rotatable bonds is 5. The van der Waals surface area contributed by atoms with E-state index in [0.717, 1.165) is 48.6 Å². The minimum Gasteiger partial charge on any atom is -0.396 e. The molecule has 2 fully saturated rings. The van der Waals surface area contributed by atoms with Gasteiger partial charge in [-0.15, -0.1) is 11.3 Å². The van der Waals surface area contributed by atoms with Crippen LogP contribution < -0.4 is 5.32 Å². The number of aliphatic hydroxyl groups excluding tert-OH is 2. The van der Waals surface area contributed by atoms with E-state index in [1.807, 2.05) is 11.8 Å². The van der Waals surface area contributed by atoms with Crippen LogP contribution in [0.15, 0.2) is 18.2 Å². The van der Waals surface area contributed by atoms with Crippen LogP contribution in [-0.4, -0.2) is 57.7 Å². The van der Waals surface area contributed by atoms with Crippen molar-refractivity contribution in [3.8, 4) is 0 Å². The summed E-state index contributed by atoms with van der Waals surface area (Å²) in [6.45, 7) is 7.48. The number of likely N-dealkylation sites (tertiary alicyclic amines) is 1. The molecule has 1 saturated heterocycles. The first-order chi connectivity index (χ1) is 18.5. The van der Waals surface area contributed by atoms with Gasteiger partial charge in [-0.2, -0.15) is 0 Å². The van der Waals surface area contributed by atoms with Crippen LogP contribution in [0.1, 0.15) is 79.7 Å². The zero-order chi connectivity index (χ0) is 28.1. The summed E-state index contributed by atoms with van der Waals surface area (Å²) in [6.07, 6.45) is 3.19. The molecule has 2 amide bonds. The number of piperidine rings is 1. The van der Waals surface area contributed by atoms with Gasteiger partial charge in [-0.1, -0.05) is 26.8 Å². The Hall–Kier alpha value is -2.43. The minimum absolute atomic E-state index is 0.0589. The van der Waals surface area contributed by atoms with E-state index in [9.17, 15) is 28.6 Å². The number of fused-ring (bicyclic) bond motifs is 2. The molecule has 1 saturated carbocycles. The van der Waals surface area contributed by atoms with E-state index >= 15 is 0 Å². The predicted molar refractivity (Wildman–Crippen MR) is 144 cm³/mol.